The van der Waals surface area contributed by atoms with E-state index in [2.05, 4.69) is 17.1 Å². The van der Waals surface area contributed by atoms with Crippen LogP contribution in [0.2, 0.25) is 0 Å². The first kappa shape index (κ1) is 14.1. The molecule has 21 heavy (non-hydrogen) atoms. The monoisotopic (exact) mass is 287 g/mol. The minimum Gasteiger partial charge on any atom is -0.325 e. The molecule has 0 aliphatic carbocycles. The second kappa shape index (κ2) is 5.15. The summed E-state index contributed by atoms with van der Waals surface area (Å²) in [5.41, 5.74) is 2.36. The van der Waals surface area contributed by atoms with Gasteiger partial charge < -0.3 is 15.1 Å². The van der Waals surface area contributed by atoms with Gasteiger partial charge in [-0.05, 0) is 44.6 Å². The van der Waals surface area contributed by atoms with E-state index < -0.39 is 0 Å². The molecule has 112 valence electrons. The van der Waals surface area contributed by atoms with Gasteiger partial charge in [-0.25, -0.2) is 0 Å². The molecule has 1 saturated heterocycles. The van der Waals surface area contributed by atoms with Gasteiger partial charge in [0.05, 0.1) is 11.3 Å². The highest BCUT2D eigenvalue weighted by atomic mass is 16.2. The van der Waals surface area contributed by atoms with Crippen LogP contribution in [0.1, 0.15) is 29.3 Å². The Balaban J connectivity index is 2.00. The summed E-state index contributed by atoms with van der Waals surface area (Å²) < 4.78 is 0. The molecule has 2 amide bonds. The van der Waals surface area contributed by atoms with Crippen molar-refractivity contribution in [1.82, 2.24) is 9.80 Å². The molecule has 3 rings (SSSR count). The van der Waals surface area contributed by atoms with Crippen LogP contribution < -0.4 is 5.32 Å². The van der Waals surface area contributed by atoms with E-state index >= 15 is 0 Å². The lowest BCUT2D eigenvalue weighted by atomic mass is 10.1. The van der Waals surface area contributed by atoms with E-state index in [0.717, 1.165) is 12.0 Å². The van der Waals surface area contributed by atoms with Crippen molar-refractivity contribution < 1.29 is 9.59 Å². The van der Waals surface area contributed by atoms with Gasteiger partial charge >= 0.3 is 0 Å². The Morgan fingerprint density at radius 3 is 2.76 bits per heavy atom. The number of carbonyl (C=O) groups excluding carboxylic acids is 2. The van der Waals surface area contributed by atoms with Crippen molar-refractivity contribution in [3.63, 3.8) is 0 Å². The van der Waals surface area contributed by atoms with Gasteiger partial charge in [0.1, 0.15) is 6.04 Å². The smallest absolute Gasteiger partial charge is 0.256 e. The molecule has 5 nitrogen and oxygen atoms in total. The lowest BCUT2D eigenvalue weighted by Crippen LogP contribution is -2.40. The number of amides is 2. The number of nitrogens with one attached hydrogen (secondary N) is 1. The minimum atomic E-state index is -0.359. The van der Waals surface area contributed by atoms with Gasteiger partial charge in [-0.1, -0.05) is 13.0 Å². The van der Waals surface area contributed by atoms with Crippen LogP contribution in [0.25, 0.3) is 0 Å². The standard InChI is InChI=1S/C16H21N3O2/c1-4-10-5-6-13-12(7-10)16(21)19-9-11(18(2)3)8-14(19)15(20)17-13/h5-7,11,14H,4,8-9H2,1-3H3,(H,17,20)/t11-,14+/m1/s1. The van der Waals surface area contributed by atoms with Crippen LogP contribution in [0.15, 0.2) is 18.2 Å². The van der Waals surface area contributed by atoms with Crippen LogP contribution in [0.5, 0.6) is 0 Å². The summed E-state index contributed by atoms with van der Waals surface area (Å²) in [7, 11) is 3.98. The fourth-order valence-electron chi connectivity index (χ4n) is 3.13. The summed E-state index contributed by atoms with van der Waals surface area (Å²) >= 11 is 0. The largest absolute Gasteiger partial charge is 0.325 e. The maximum absolute atomic E-state index is 12.8. The van der Waals surface area contributed by atoms with Crippen molar-refractivity contribution >= 4 is 17.5 Å². The molecule has 2 atom stereocenters. The first-order valence-corrected chi connectivity index (χ1v) is 7.42. The number of fused-ring (bicyclic) bond motifs is 2. The molecule has 2 aliphatic heterocycles. The molecule has 2 heterocycles. The highest BCUT2D eigenvalue weighted by molar-refractivity contribution is 6.10. The van der Waals surface area contributed by atoms with E-state index in [1.54, 1.807) is 4.90 Å². The van der Waals surface area contributed by atoms with E-state index in [9.17, 15) is 9.59 Å². The highest BCUT2D eigenvalue weighted by Crippen LogP contribution is 2.30. The summed E-state index contributed by atoms with van der Waals surface area (Å²) in [4.78, 5) is 29.0. The number of hydrogen-bond acceptors (Lipinski definition) is 3. The summed E-state index contributed by atoms with van der Waals surface area (Å²) in [6.07, 6.45) is 1.57. The Morgan fingerprint density at radius 2 is 2.10 bits per heavy atom. The zero-order valence-electron chi connectivity index (χ0n) is 12.7. The maximum Gasteiger partial charge on any atom is 0.256 e. The normalized spacial score (nSPS) is 24.7. The molecular weight excluding hydrogens is 266 g/mol. The van der Waals surface area contributed by atoms with Crippen molar-refractivity contribution in [2.75, 3.05) is 26.0 Å². The van der Waals surface area contributed by atoms with E-state index in [4.69, 9.17) is 0 Å². The van der Waals surface area contributed by atoms with Gasteiger partial charge in [0.15, 0.2) is 0 Å². The quantitative estimate of drug-likeness (QED) is 0.893. The second-order valence-electron chi connectivity index (χ2n) is 6.05. The number of anilines is 1. The average Bonchev–Trinajstić information content (AvgIpc) is 2.89. The molecule has 2 aliphatic rings. The first-order valence-electron chi connectivity index (χ1n) is 7.42. The SMILES string of the molecule is CCc1ccc2c(c1)C(=O)N1C[C@H](N(C)C)C[C@H]1C(=O)N2. The Morgan fingerprint density at radius 1 is 1.33 bits per heavy atom. The van der Waals surface area contributed by atoms with Crippen LogP contribution in [0, 0.1) is 0 Å². The van der Waals surface area contributed by atoms with E-state index in [1.807, 2.05) is 32.3 Å². The molecule has 0 spiro atoms. The highest BCUT2D eigenvalue weighted by Gasteiger charge is 2.43. The molecule has 0 saturated carbocycles. The van der Waals surface area contributed by atoms with Crippen molar-refractivity contribution in [1.29, 1.82) is 0 Å². The third-order valence-corrected chi connectivity index (χ3v) is 4.55. The van der Waals surface area contributed by atoms with Crippen molar-refractivity contribution in [3.8, 4) is 0 Å². The van der Waals surface area contributed by atoms with Gasteiger partial charge in [-0.3, -0.25) is 9.59 Å². The van der Waals surface area contributed by atoms with E-state index in [0.29, 0.717) is 24.2 Å². The predicted molar refractivity (Wildman–Crippen MR) is 81.4 cm³/mol. The topological polar surface area (TPSA) is 52.7 Å². The molecule has 0 aromatic heterocycles. The molecule has 1 fully saturated rings. The Kier molecular flexibility index (Phi) is 3.45. The van der Waals surface area contributed by atoms with Gasteiger partial charge in [0.2, 0.25) is 5.91 Å². The van der Waals surface area contributed by atoms with Crippen molar-refractivity contribution in [2.45, 2.75) is 31.8 Å². The third kappa shape index (κ3) is 2.31. The fourth-order valence-corrected chi connectivity index (χ4v) is 3.13. The Bertz CT molecular complexity index is 597. The lowest BCUT2D eigenvalue weighted by Gasteiger charge is -2.21. The first-order chi connectivity index (χ1) is 10.0. The second-order valence-corrected chi connectivity index (χ2v) is 6.05. The van der Waals surface area contributed by atoms with Crippen LogP contribution in [-0.2, 0) is 11.2 Å². The number of carbonyl (C=O) groups is 2. The summed E-state index contributed by atoms with van der Waals surface area (Å²) in [6, 6.07) is 5.59. The zero-order valence-corrected chi connectivity index (χ0v) is 12.7. The van der Waals surface area contributed by atoms with E-state index in [-0.39, 0.29) is 23.9 Å². The van der Waals surface area contributed by atoms with Gasteiger partial charge in [0.25, 0.3) is 5.91 Å². The number of nitrogens with zero attached hydrogens (tertiary/aromatic N) is 2. The Labute approximate surface area is 124 Å². The van der Waals surface area contributed by atoms with Crippen LogP contribution in [0.3, 0.4) is 0 Å². The third-order valence-electron chi connectivity index (χ3n) is 4.55. The van der Waals surface area contributed by atoms with Crippen molar-refractivity contribution in [3.05, 3.63) is 29.3 Å². The number of rotatable bonds is 2. The number of benzene rings is 1. The van der Waals surface area contributed by atoms with Crippen LogP contribution in [-0.4, -0.2) is 54.3 Å². The van der Waals surface area contributed by atoms with Gasteiger partial charge in [0, 0.05) is 12.6 Å². The Hall–Kier alpha value is -1.88. The molecule has 0 radical (unpaired) electrons. The summed E-state index contributed by atoms with van der Waals surface area (Å²) in [6.45, 7) is 2.67. The van der Waals surface area contributed by atoms with Crippen LogP contribution in [0.4, 0.5) is 5.69 Å². The average molecular weight is 287 g/mol. The molecule has 5 heteroatoms. The molecule has 0 bridgehead atoms. The van der Waals surface area contributed by atoms with Gasteiger partial charge in [-0.2, -0.15) is 0 Å². The number of aryl methyl sites for hydroxylation is 1. The summed E-state index contributed by atoms with van der Waals surface area (Å²) in [5.74, 6) is -0.108. The molecule has 1 N–H and O–H groups in total. The molecule has 1 aromatic carbocycles. The molecule has 1 aromatic rings. The molecular formula is C16H21N3O2. The maximum atomic E-state index is 12.8. The fraction of sp³-hybridized carbons (Fsp3) is 0.500. The van der Waals surface area contributed by atoms with E-state index in [1.165, 1.54) is 0 Å². The number of hydrogen-bond donors (Lipinski definition) is 1. The summed E-state index contributed by atoms with van der Waals surface area (Å²) in [5, 5.41) is 2.92. The lowest BCUT2D eigenvalue weighted by molar-refractivity contribution is -0.119. The minimum absolute atomic E-state index is 0.0343. The predicted octanol–water partition coefficient (Wildman–Crippen LogP) is 1.35. The van der Waals surface area contributed by atoms with Crippen molar-refractivity contribution in [2.24, 2.45) is 0 Å². The van der Waals surface area contributed by atoms with Gasteiger partial charge in [-0.15, -0.1) is 0 Å². The zero-order chi connectivity index (χ0) is 15.1. The molecule has 0 unspecified atom stereocenters. The van der Waals surface area contributed by atoms with Crippen LogP contribution >= 0.6 is 0 Å². The number of likely N-dealkylation sites (N-methyl/N-ethyl adjacent to an activating group) is 1.